The fourth-order valence-corrected chi connectivity index (χ4v) is 4.80. The van der Waals surface area contributed by atoms with Gasteiger partial charge in [0, 0.05) is 0 Å². The van der Waals surface area contributed by atoms with Gasteiger partial charge in [-0.25, -0.2) is 0 Å². The van der Waals surface area contributed by atoms with E-state index in [9.17, 15) is 13.3 Å². The molecule has 0 heterocycles. The Bertz CT molecular complexity index is 668. The minimum absolute atomic E-state index is 0.0549. The molecule has 1 rings (SSSR count). The van der Waals surface area contributed by atoms with Crippen molar-refractivity contribution in [3.63, 3.8) is 0 Å². The van der Waals surface area contributed by atoms with Crippen LogP contribution in [0, 0.1) is 0 Å². The van der Waals surface area contributed by atoms with E-state index in [0.29, 0.717) is 12.1 Å². The van der Waals surface area contributed by atoms with Gasteiger partial charge < -0.3 is 0 Å². The quantitative estimate of drug-likeness (QED) is 0.171. The first-order valence-electron chi connectivity index (χ1n) is 9.70. The van der Waals surface area contributed by atoms with Crippen molar-refractivity contribution in [2.75, 3.05) is 5.32 Å². The fourth-order valence-electron chi connectivity index (χ4n) is 2.66. The van der Waals surface area contributed by atoms with Gasteiger partial charge in [0.2, 0.25) is 0 Å². The molecule has 1 atom stereocenters. The monoisotopic (exact) mass is 458 g/mol. The molecule has 28 heavy (non-hydrogen) atoms. The van der Waals surface area contributed by atoms with Gasteiger partial charge in [0.25, 0.3) is 0 Å². The van der Waals surface area contributed by atoms with Crippen LogP contribution in [0.4, 0.5) is 5.69 Å². The molecule has 0 spiro atoms. The molecule has 0 aliphatic heterocycles. The first-order chi connectivity index (χ1) is 13.4. The van der Waals surface area contributed by atoms with E-state index >= 15 is 0 Å². The summed E-state index contributed by atoms with van der Waals surface area (Å²) < 4.78 is 21.8. The summed E-state index contributed by atoms with van der Waals surface area (Å²) in [5.74, 6) is -0.730. The third-order valence-electron chi connectivity index (χ3n) is 4.13. The minimum atomic E-state index is -4.89. The van der Waals surface area contributed by atoms with Crippen molar-refractivity contribution in [1.29, 1.82) is 0 Å². The number of rotatable bonds is 14. The summed E-state index contributed by atoms with van der Waals surface area (Å²) in [6.45, 7) is 3.52. The van der Waals surface area contributed by atoms with Gasteiger partial charge in [-0.15, -0.1) is 0 Å². The van der Waals surface area contributed by atoms with E-state index in [-0.39, 0.29) is 16.7 Å². The fraction of sp³-hybridized carbons (Fsp3) is 0.579. The van der Waals surface area contributed by atoms with E-state index in [2.05, 4.69) is 21.6 Å². The molecule has 0 bridgehead atoms. The van der Waals surface area contributed by atoms with E-state index in [4.69, 9.17) is 9.08 Å². The number of hydrogen-bond donors (Lipinski definition) is 3. The van der Waals surface area contributed by atoms with Crippen molar-refractivity contribution >= 4 is 36.0 Å². The molecule has 0 aromatic heterocycles. The zero-order chi connectivity index (χ0) is 20.8. The van der Waals surface area contributed by atoms with Crippen LogP contribution in [0.3, 0.4) is 0 Å². The van der Waals surface area contributed by atoms with Crippen LogP contribution in [0.2, 0.25) is 0 Å². The van der Waals surface area contributed by atoms with Crippen molar-refractivity contribution in [1.82, 2.24) is 5.48 Å². The van der Waals surface area contributed by atoms with E-state index in [1.54, 1.807) is 6.07 Å². The Balaban J connectivity index is 2.40. The van der Waals surface area contributed by atoms with Crippen LogP contribution in [0.1, 0.15) is 71.6 Å². The topological polar surface area (TPSA) is 114 Å². The molecular weight excluding hydrogens is 427 g/mol. The van der Waals surface area contributed by atoms with Crippen LogP contribution in [0.15, 0.2) is 24.3 Å². The second kappa shape index (κ2) is 13.6. The molecule has 1 aromatic rings. The standard InChI is InChI=1S/C19H31AsN2O6/c1-3-4-5-6-7-8-9-10-14-19(24)22-27-20(25,28-26)17-12-11-13-18(15-17)21-16(2)23/h11-13,15,26H,3-10,14H2,1-2H3,(H,21,23)(H,22,24). The second-order valence-corrected chi connectivity index (χ2v) is 10.5. The SMILES string of the molecule is CCCCCCCCCCC(=O)NO[As](=O)(OO)c1cccc(NC(C)=O)c1. The molecule has 1 aromatic carbocycles. The second-order valence-electron chi connectivity index (χ2n) is 6.65. The van der Waals surface area contributed by atoms with Gasteiger partial charge >= 0.3 is 162 Å². The van der Waals surface area contributed by atoms with Crippen LogP contribution in [0.25, 0.3) is 0 Å². The van der Waals surface area contributed by atoms with Gasteiger partial charge in [-0.2, -0.15) is 0 Å². The Labute approximate surface area is 169 Å². The summed E-state index contributed by atoms with van der Waals surface area (Å²) in [5.41, 5.74) is 2.48. The summed E-state index contributed by atoms with van der Waals surface area (Å²) in [7, 11) is 0. The molecule has 0 aliphatic rings. The van der Waals surface area contributed by atoms with Crippen LogP contribution < -0.4 is 15.1 Å². The summed E-state index contributed by atoms with van der Waals surface area (Å²) in [6, 6.07) is 5.90. The Morgan fingerprint density at radius 3 is 2.32 bits per heavy atom. The number of nitrogens with one attached hydrogen (secondary N) is 2. The summed E-state index contributed by atoms with van der Waals surface area (Å²) in [6.07, 6.45) is 9.10. The number of benzene rings is 1. The Morgan fingerprint density at radius 1 is 1.07 bits per heavy atom. The van der Waals surface area contributed by atoms with Gasteiger partial charge in [-0.05, 0) is 0 Å². The molecule has 158 valence electrons. The van der Waals surface area contributed by atoms with Gasteiger partial charge in [0.1, 0.15) is 0 Å². The molecule has 2 amide bonds. The zero-order valence-electron chi connectivity index (χ0n) is 16.6. The molecule has 1 unspecified atom stereocenters. The number of unbranched alkanes of at least 4 members (excludes halogenated alkanes) is 7. The number of carbonyl (C=O) groups is 2. The maximum absolute atomic E-state index is 12.7. The summed E-state index contributed by atoms with van der Waals surface area (Å²) in [4.78, 5) is 23.0. The first kappa shape index (κ1) is 24.4. The number of carbonyl (C=O) groups excluding carboxylic acids is 2. The van der Waals surface area contributed by atoms with Gasteiger partial charge in [0.05, 0.1) is 0 Å². The molecule has 9 heteroatoms. The van der Waals surface area contributed by atoms with E-state index in [1.807, 2.05) is 0 Å². The number of hydroxylamine groups is 1. The summed E-state index contributed by atoms with van der Waals surface area (Å²) >= 11 is -4.89. The zero-order valence-corrected chi connectivity index (χ0v) is 18.5. The average Bonchev–Trinajstić information content (AvgIpc) is 2.68. The predicted octanol–water partition coefficient (Wildman–Crippen LogP) is 3.29. The van der Waals surface area contributed by atoms with Gasteiger partial charge in [-0.3, -0.25) is 0 Å². The Hall–Kier alpha value is -1.60. The van der Waals surface area contributed by atoms with Crippen LogP contribution in [0.5, 0.6) is 0 Å². The molecule has 0 aliphatic carbocycles. The normalized spacial score (nSPS) is 13.0. The van der Waals surface area contributed by atoms with Gasteiger partial charge in [0.15, 0.2) is 0 Å². The molecule has 8 nitrogen and oxygen atoms in total. The molecule has 0 radical (unpaired) electrons. The van der Waals surface area contributed by atoms with E-state index in [1.165, 1.54) is 57.2 Å². The van der Waals surface area contributed by atoms with Crippen molar-refractivity contribution in [2.24, 2.45) is 0 Å². The molecule has 3 N–H and O–H groups in total. The van der Waals surface area contributed by atoms with Crippen LogP contribution in [-0.4, -0.2) is 31.2 Å². The third-order valence-corrected chi connectivity index (χ3v) is 7.18. The number of amides is 2. The van der Waals surface area contributed by atoms with Crippen molar-refractivity contribution < 1.29 is 26.3 Å². The molecular formula is C19H31AsN2O6. The Kier molecular flexibility index (Phi) is 11.8. The number of hydrogen-bond acceptors (Lipinski definition) is 6. The number of anilines is 1. The molecule has 0 fully saturated rings. The Morgan fingerprint density at radius 2 is 1.71 bits per heavy atom. The molecule has 0 saturated heterocycles. The summed E-state index contributed by atoms with van der Waals surface area (Å²) in [5, 5.41) is 11.6. The van der Waals surface area contributed by atoms with E-state index < -0.39 is 20.1 Å². The van der Waals surface area contributed by atoms with Gasteiger partial charge in [-0.1, -0.05) is 6.92 Å². The van der Waals surface area contributed by atoms with E-state index in [0.717, 1.165) is 12.8 Å². The van der Waals surface area contributed by atoms with Crippen molar-refractivity contribution in [2.45, 2.75) is 71.6 Å². The molecule has 0 saturated carbocycles. The van der Waals surface area contributed by atoms with Crippen LogP contribution in [-0.2, 0) is 21.0 Å². The maximum atomic E-state index is 12.7. The third kappa shape index (κ3) is 9.55. The predicted molar refractivity (Wildman–Crippen MR) is 107 cm³/mol. The van der Waals surface area contributed by atoms with Crippen molar-refractivity contribution in [3.8, 4) is 0 Å². The average molecular weight is 458 g/mol. The van der Waals surface area contributed by atoms with Crippen molar-refractivity contribution in [3.05, 3.63) is 24.3 Å². The van der Waals surface area contributed by atoms with Crippen LogP contribution >= 0.6 is 0 Å². The first-order valence-corrected chi connectivity index (χ1v) is 12.9.